The van der Waals surface area contributed by atoms with Gasteiger partial charge in [-0.1, -0.05) is 30.3 Å². The molecule has 6 heteroatoms. The first-order chi connectivity index (χ1) is 11.6. The Labute approximate surface area is 144 Å². The molecule has 1 aromatic rings. The van der Waals surface area contributed by atoms with Crippen molar-refractivity contribution in [1.29, 1.82) is 0 Å². The molecule has 1 aliphatic rings. The summed E-state index contributed by atoms with van der Waals surface area (Å²) in [6, 6.07) is 8.64. The van der Waals surface area contributed by atoms with E-state index in [4.69, 9.17) is 0 Å². The van der Waals surface area contributed by atoms with Crippen LogP contribution >= 0.6 is 0 Å². The Hall–Kier alpha value is -2.08. The summed E-state index contributed by atoms with van der Waals surface area (Å²) in [5, 5.41) is 2.93. The fraction of sp³-hybridized carbons (Fsp3) is 0.556. The summed E-state index contributed by atoms with van der Waals surface area (Å²) in [4.78, 5) is 31.2. The molecule has 0 spiro atoms. The van der Waals surface area contributed by atoms with Crippen molar-refractivity contribution in [2.75, 3.05) is 46.3 Å². The van der Waals surface area contributed by atoms with Gasteiger partial charge < -0.3 is 20.0 Å². The third-order valence-corrected chi connectivity index (χ3v) is 4.51. The van der Waals surface area contributed by atoms with Crippen molar-refractivity contribution in [2.45, 2.75) is 19.9 Å². The van der Waals surface area contributed by atoms with Crippen molar-refractivity contribution in [3.05, 3.63) is 35.9 Å². The number of hydrogen-bond donors (Lipinski definition) is 1. The number of amides is 3. The average Bonchev–Trinajstić information content (AvgIpc) is 2.61. The molecule has 1 aliphatic heterocycles. The van der Waals surface area contributed by atoms with Crippen LogP contribution in [-0.2, 0) is 4.79 Å². The summed E-state index contributed by atoms with van der Waals surface area (Å²) in [7, 11) is 2.05. The monoisotopic (exact) mass is 332 g/mol. The lowest BCUT2D eigenvalue weighted by Gasteiger charge is -2.35. The van der Waals surface area contributed by atoms with E-state index in [2.05, 4.69) is 17.3 Å². The van der Waals surface area contributed by atoms with Crippen molar-refractivity contribution >= 4 is 11.9 Å². The Morgan fingerprint density at radius 2 is 1.67 bits per heavy atom. The number of nitrogens with one attached hydrogen (secondary N) is 1. The maximum absolute atomic E-state index is 13.0. The fourth-order valence-electron chi connectivity index (χ4n) is 2.87. The van der Waals surface area contributed by atoms with Gasteiger partial charge in [-0.05, 0) is 26.5 Å². The zero-order valence-electron chi connectivity index (χ0n) is 14.9. The molecule has 1 N–H and O–H groups in total. The second-order valence-corrected chi connectivity index (χ2v) is 6.09. The highest BCUT2D eigenvalue weighted by molar-refractivity contribution is 5.88. The van der Waals surface area contributed by atoms with Crippen molar-refractivity contribution in [3.63, 3.8) is 0 Å². The summed E-state index contributed by atoms with van der Waals surface area (Å²) in [6.07, 6.45) is 0. The summed E-state index contributed by atoms with van der Waals surface area (Å²) in [6.45, 7) is 8.21. The lowest BCUT2D eigenvalue weighted by molar-refractivity contribution is -0.135. The molecule has 0 aromatic heterocycles. The predicted molar refractivity (Wildman–Crippen MR) is 94.7 cm³/mol. The molecule has 1 fully saturated rings. The van der Waals surface area contributed by atoms with Crippen LogP contribution in [-0.4, -0.2) is 73.0 Å². The highest BCUT2D eigenvalue weighted by Crippen LogP contribution is 2.17. The van der Waals surface area contributed by atoms with Crippen LogP contribution in [0, 0.1) is 0 Å². The van der Waals surface area contributed by atoms with E-state index in [1.807, 2.05) is 49.1 Å². The molecule has 1 saturated heterocycles. The van der Waals surface area contributed by atoms with Crippen LogP contribution in [0.5, 0.6) is 0 Å². The third-order valence-electron chi connectivity index (χ3n) is 4.51. The highest BCUT2D eigenvalue weighted by atomic mass is 16.2. The van der Waals surface area contributed by atoms with Crippen molar-refractivity contribution < 1.29 is 9.59 Å². The maximum Gasteiger partial charge on any atom is 0.318 e. The number of likely N-dealkylation sites (N-methyl/N-ethyl adjacent to an activating group) is 1. The SMILES string of the molecule is CCN(CC)C(=O)N[C@H](C(=O)N1CCN(C)CC1)c1ccccc1. The number of hydrogen-bond acceptors (Lipinski definition) is 3. The van der Waals surface area contributed by atoms with Gasteiger partial charge in [0.2, 0.25) is 5.91 Å². The van der Waals surface area contributed by atoms with Gasteiger partial charge in [0.15, 0.2) is 0 Å². The van der Waals surface area contributed by atoms with Crippen LogP contribution in [0.3, 0.4) is 0 Å². The minimum Gasteiger partial charge on any atom is -0.338 e. The van der Waals surface area contributed by atoms with E-state index in [1.54, 1.807) is 4.90 Å². The lowest BCUT2D eigenvalue weighted by atomic mass is 10.1. The van der Waals surface area contributed by atoms with E-state index in [-0.39, 0.29) is 11.9 Å². The van der Waals surface area contributed by atoms with E-state index in [0.717, 1.165) is 18.7 Å². The van der Waals surface area contributed by atoms with Gasteiger partial charge in [-0.2, -0.15) is 0 Å². The fourth-order valence-corrected chi connectivity index (χ4v) is 2.87. The summed E-state index contributed by atoms with van der Waals surface area (Å²) >= 11 is 0. The Balaban J connectivity index is 2.17. The molecular weight excluding hydrogens is 304 g/mol. The van der Waals surface area contributed by atoms with Gasteiger partial charge in [-0.3, -0.25) is 4.79 Å². The first kappa shape index (κ1) is 18.3. The number of benzene rings is 1. The highest BCUT2D eigenvalue weighted by Gasteiger charge is 2.30. The number of carbonyl (C=O) groups excluding carboxylic acids is 2. The molecule has 0 aliphatic carbocycles. The molecular formula is C18H28N4O2. The average molecular weight is 332 g/mol. The maximum atomic E-state index is 13.0. The number of piperazine rings is 1. The largest absolute Gasteiger partial charge is 0.338 e. The summed E-state index contributed by atoms with van der Waals surface area (Å²) in [5.74, 6) is -0.0326. The van der Waals surface area contributed by atoms with Crippen molar-refractivity contribution in [1.82, 2.24) is 20.0 Å². The Kier molecular flexibility index (Phi) is 6.61. The van der Waals surface area contributed by atoms with Gasteiger partial charge in [0.05, 0.1) is 0 Å². The van der Waals surface area contributed by atoms with E-state index in [0.29, 0.717) is 26.2 Å². The van der Waals surface area contributed by atoms with Crippen molar-refractivity contribution in [2.24, 2.45) is 0 Å². The molecule has 2 rings (SSSR count). The minimum atomic E-state index is -0.636. The lowest BCUT2D eigenvalue weighted by Crippen LogP contribution is -2.52. The van der Waals surface area contributed by atoms with Gasteiger partial charge in [0.25, 0.3) is 0 Å². The van der Waals surface area contributed by atoms with Crippen LogP contribution in [0.15, 0.2) is 30.3 Å². The van der Waals surface area contributed by atoms with Crippen molar-refractivity contribution in [3.8, 4) is 0 Å². The second kappa shape index (κ2) is 8.68. The molecule has 1 aromatic carbocycles. The number of carbonyl (C=O) groups is 2. The zero-order valence-corrected chi connectivity index (χ0v) is 14.9. The first-order valence-corrected chi connectivity index (χ1v) is 8.64. The van der Waals surface area contributed by atoms with Crippen LogP contribution in [0.25, 0.3) is 0 Å². The third kappa shape index (κ3) is 4.47. The van der Waals surface area contributed by atoms with E-state index >= 15 is 0 Å². The van der Waals surface area contributed by atoms with Crippen LogP contribution in [0.1, 0.15) is 25.5 Å². The Bertz CT molecular complexity index is 537. The number of rotatable bonds is 5. The van der Waals surface area contributed by atoms with E-state index in [9.17, 15) is 9.59 Å². The number of urea groups is 1. The Morgan fingerprint density at radius 1 is 1.08 bits per heavy atom. The van der Waals surface area contributed by atoms with Crippen LogP contribution < -0.4 is 5.32 Å². The molecule has 0 radical (unpaired) electrons. The van der Waals surface area contributed by atoms with Gasteiger partial charge in [0, 0.05) is 39.3 Å². The molecule has 132 valence electrons. The molecule has 1 heterocycles. The van der Waals surface area contributed by atoms with Crippen LogP contribution in [0.2, 0.25) is 0 Å². The van der Waals surface area contributed by atoms with Crippen LogP contribution in [0.4, 0.5) is 4.79 Å². The number of nitrogens with zero attached hydrogens (tertiary/aromatic N) is 3. The Morgan fingerprint density at radius 3 is 2.21 bits per heavy atom. The van der Waals surface area contributed by atoms with Gasteiger partial charge in [0.1, 0.15) is 6.04 Å². The zero-order chi connectivity index (χ0) is 17.5. The molecule has 24 heavy (non-hydrogen) atoms. The molecule has 1 atom stereocenters. The summed E-state index contributed by atoms with van der Waals surface area (Å²) in [5.41, 5.74) is 0.821. The van der Waals surface area contributed by atoms with E-state index < -0.39 is 6.04 Å². The molecule has 0 bridgehead atoms. The standard InChI is InChI=1S/C18H28N4O2/c1-4-21(5-2)18(24)19-16(15-9-7-6-8-10-15)17(23)22-13-11-20(3)12-14-22/h6-10,16H,4-5,11-14H2,1-3H3,(H,19,24)/t16-/m0/s1. The quantitative estimate of drug-likeness (QED) is 0.890. The minimum absolute atomic E-state index is 0.0326. The predicted octanol–water partition coefficient (Wildman–Crippen LogP) is 1.55. The van der Waals surface area contributed by atoms with Gasteiger partial charge >= 0.3 is 6.03 Å². The molecule has 6 nitrogen and oxygen atoms in total. The topological polar surface area (TPSA) is 55.9 Å². The van der Waals surface area contributed by atoms with Gasteiger partial charge in [-0.15, -0.1) is 0 Å². The van der Waals surface area contributed by atoms with E-state index in [1.165, 1.54) is 0 Å². The smallest absolute Gasteiger partial charge is 0.318 e. The normalized spacial score (nSPS) is 16.5. The van der Waals surface area contributed by atoms with Gasteiger partial charge in [-0.25, -0.2) is 4.79 Å². The second-order valence-electron chi connectivity index (χ2n) is 6.09. The first-order valence-electron chi connectivity index (χ1n) is 8.64. The molecule has 3 amide bonds. The molecule has 0 unspecified atom stereocenters. The summed E-state index contributed by atoms with van der Waals surface area (Å²) < 4.78 is 0. The molecule has 0 saturated carbocycles.